The Morgan fingerprint density at radius 2 is 1.53 bits per heavy atom. The second kappa shape index (κ2) is 8.93. The molecule has 5 aliphatic rings. The number of thioether (sulfide) groups is 1. The summed E-state index contributed by atoms with van der Waals surface area (Å²) in [6.07, 6.45) is 18.1. The number of hydrogen-bond donors (Lipinski definition) is 1. The summed E-state index contributed by atoms with van der Waals surface area (Å²) in [6.45, 7) is 6.03. The SMILES string of the molecule is C[C@@H]1CC[C@@H](c2ccoc2)N2C[C@@]3(CC[C@@H]12)CS[C@@]1(CC[C@H]2[C@H](C)CC[C@@H](c4ccoc4)N2C1O)C3. The van der Waals surface area contributed by atoms with Gasteiger partial charge in [-0.1, -0.05) is 13.8 Å². The van der Waals surface area contributed by atoms with Gasteiger partial charge in [0.05, 0.1) is 29.8 Å². The molecular weight excluding hydrogens is 468 g/mol. The van der Waals surface area contributed by atoms with E-state index in [-0.39, 0.29) is 17.0 Å². The van der Waals surface area contributed by atoms with Crippen molar-refractivity contribution >= 4 is 11.8 Å². The number of furan rings is 2. The van der Waals surface area contributed by atoms with E-state index in [2.05, 4.69) is 47.5 Å². The van der Waals surface area contributed by atoms with Crippen LogP contribution >= 0.6 is 11.8 Å². The highest BCUT2D eigenvalue weighted by Gasteiger charge is 2.60. The van der Waals surface area contributed by atoms with Crippen molar-refractivity contribution in [2.24, 2.45) is 17.3 Å². The second-order valence-corrected chi connectivity index (χ2v) is 14.4. The molecule has 0 saturated carbocycles. The van der Waals surface area contributed by atoms with Crippen LogP contribution in [-0.4, -0.2) is 50.3 Å². The van der Waals surface area contributed by atoms with Crippen LogP contribution < -0.4 is 0 Å². The Labute approximate surface area is 220 Å². The monoisotopic (exact) mass is 510 g/mol. The van der Waals surface area contributed by atoms with Crippen molar-refractivity contribution in [2.45, 2.75) is 107 Å². The molecule has 5 fully saturated rings. The maximum atomic E-state index is 12.2. The summed E-state index contributed by atoms with van der Waals surface area (Å²) < 4.78 is 11.0. The average Bonchev–Trinajstić information content (AvgIpc) is 3.65. The molecule has 5 aliphatic heterocycles. The minimum atomic E-state index is -0.383. The molecular formula is C30H42N2O3S. The third kappa shape index (κ3) is 3.69. The summed E-state index contributed by atoms with van der Waals surface area (Å²) in [5.74, 6) is 2.59. The van der Waals surface area contributed by atoms with Gasteiger partial charge in [0, 0.05) is 47.6 Å². The third-order valence-electron chi connectivity index (χ3n) is 11.0. The highest BCUT2D eigenvalue weighted by Crippen LogP contribution is 2.62. The number of aliphatic hydroxyl groups excluding tert-OH is 1. The average molecular weight is 511 g/mol. The van der Waals surface area contributed by atoms with Crippen LogP contribution in [0.4, 0.5) is 0 Å². The highest BCUT2D eigenvalue weighted by molar-refractivity contribution is 8.01. The first-order valence-corrected chi connectivity index (χ1v) is 15.4. The van der Waals surface area contributed by atoms with Gasteiger partial charge in [-0.25, -0.2) is 0 Å². The Hall–Kier alpha value is -1.21. The molecule has 7 heterocycles. The molecule has 0 aromatic carbocycles. The van der Waals surface area contributed by atoms with Gasteiger partial charge in [0.1, 0.15) is 6.23 Å². The smallest absolute Gasteiger partial charge is 0.122 e. The van der Waals surface area contributed by atoms with Gasteiger partial charge >= 0.3 is 0 Å². The summed E-state index contributed by atoms with van der Waals surface area (Å²) in [6, 6.07) is 6.21. The number of hydrogen-bond acceptors (Lipinski definition) is 6. The number of piperidine rings is 4. The summed E-state index contributed by atoms with van der Waals surface area (Å²) >= 11 is 2.11. The van der Waals surface area contributed by atoms with Crippen LogP contribution in [0, 0.1) is 17.3 Å². The van der Waals surface area contributed by atoms with Gasteiger partial charge in [-0.15, -0.1) is 0 Å². The molecule has 1 N–H and O–H groups in total. The number of fused-ring (bicyclic) bond motifs is 2. The summed E-state index contributed by atoms with van der Waals surface area (Å²) in [4.78, 5) is 5.38. The lowest BCUT2D eigenvalue weighted by atomic mass is 9.67. The number of nitrogens with zero attached hydrogens (tertiary/aromatic N) is 2. The maximum Gasteiger partial charge on any atom is 0.122 e. The van der Waals surface area contributed by atoms with Gasteiger partial charge in [0.25, 0.3) is 0 Å². The van der Waals surface area contributed by atoms with Gasteiger partial charge in [-0.2, -0.15) is 11.8 Å². The van der Waals surface area contributed by atoms with Crippen LogP contribution in [0.25, 0.3) is 0 Å². The Kier molecular flexibility index (Phi) is 5.92. The lowest BCUT2D eigenvalue weighted by molar-refractivity contribution is -0.142. The minimum absolute atomic E-state index is 0.0467. The molecule has 6 heteroatoms. The van der Waals surface area contributed by atoms with Crippen molar-refractivity contribution in [3.63, 3.8) is 0 Å². The van der Waals surface area contributed by atoms with E-state index in [0.29, 0.717) is 29.5 Å². The van der Waals surface area contributed by atoms with Gasteiger partial charge in [0.15, 0.2) is 0 Å². The van der Waals surface area contributed by atoms with E-state index in [9.17, 15) is 5.11 Å². The zero-order valence-electron chi connectivity index (χ0n) is 21.9. The maximum absolute atomic E-state index is 12.2. The summed E-state index contributed by atoms with van der Waals surface area (Å²) in [5.41, 5.74) is 2.90. The molecule has 9 atom stereocenters. The van der Waals surface area contributed by atoms with E-state index in [4.69, 9.17) is 8.83 Å². The van der Waals surface area contributed by atoms with Crippen LogP contribution in [0.1, 0.15) is 94.8 Å². The predicted octanol–water partition coefficient (Wildman–Crippen LogP) is 6.62. The van der Waals surface area contributed by atoms with Crippen molar-refractivity contribution in [3.8, 4) is 0 Å². The first-order chi connectivity index (χ1) is 17.5. The van der Waals surface area contributed by atoms with Crippen molar-refractivity contribution in [1.29, 1.82) is 0 Å². The molecule has 2 aromatic heterocycles. The molecule has 7 rings (SSSR count). The number of aliphatic hydroxyl groups is 1. The highest BCUT2D eigenvalue weighted by atomic mass is 32.2. The molecule has 36 heavy (non-hydrogen) atoms. The van der Waals surface area contributed by atoms with Crippen molar-refractivity contribution < 1.29 is 13.9 Å². The molecule has 0 bridgehead atoms. The Morgan fingerprint density at radius 3 is 2.25 bits per heavy atom. The van der Waals surface area contributed by atoms with Gasteiger partial charge in [-0.05, 0) is 87.2 Å². The fraction of sp³-hybridized carbons (Fsp3) is 0.733. The van der Waals surface area contributed by atoms with Gasteiger partial charge in [-0.3, -0.25) is 9.80 Å². The van der Waals surface area contributed by atoms with Crippen LogP contribution in [0.3, 0.4) is 0 Å². The van der Waals surface area contributed by atoms with E-state index < -0.39 is 0 Å². The molecule has 0 aliphatic carbocycles. The lowest BCUT2D eigenvalue weighted by Gasteiger charge is -2.57. The number of rotatable bonds is 2. The molecule has 1 unspecified atom stereocenters. The van der Waals surface area contributed by atoms with Gasteiger partial charge in [0.2, 0.25) is 0 Å². The second-order valence-electron chi connectivity index (χ2n) is 13.0. The first-order valence-electron chi connectivity index (χ1n) is 14.4. The fourth-order valence-electron chi connectivity index (χ4n) is 9.05. The van der Waals surface area contributed by atoms with E-state index in [0.717, 1.165) is 25.2 Å². The van der Waals surface area contributed by atoms with Gasteiger partial charge < -0.3 is 13.9 Å². The third-order valence-corrected chi connectivity index (χ3v) is 12.9. The fourth-order valence-corrected chi connectivity index (χ4v) is 10.9. The van der Waals surface area contributed by atoms with Crippen molar-refractivity contribution in [2.75, 3.05) is 12.3 Å². The van der Waals surface area contributed by atoms with E-state index in [1.165, 1.54) is 61.9 Å². The Bertz CT molecular complexity index is 1040. The largest absolute Gasteiger partial charge is 0.472 e. The first kappa shape index (κ1) is 23.9. The van der Waals surface area contributed by atoms with Crippen molar-refractivity contribution in [1.82, 2.24) is 9.80 Å². The Morgan fingerprint density at radius 1 is 0.861 bits per heavy atom. The quantitative estimate of drug-likeness (QED) is 0.490. The topological polar surface area (TPSA) is 53.0 Å². The standard InChI is InChI=1S/C30H42N2O3S/c1-20-3-5-26(22-9-13-34-15-22)31-18-29(11-7-24(20)31)17-30(36-19-29)12-8-25-21(2)4-6-27(32(25)28(30)33)23-10-14-35-16-23/h9-10,13-16,20-21,24-28,33H,3-8,11-12,17-19H2,1-2H3/t20-,21-,24+,25+,26+,27+,28?,29+,30+/m1/s1. The zero-order valence-corrected chi connectivity index (χ0v) is 22.7. The normalized spacial score (nSPS) is 45.7. The van der Waals surface area contributed by atoms with E-state index >= 15 is 0 Å². The molecule has 5 saturated heterocycles. The van der Waals surface area contributed by atoms with Crippen LogP contribution in [0.2, 0.25) is 0 Å². The zero-order chi connectivity index (χ0) is 24.5. The molecule has 196 valence electrons. The van der Waals surface area contributed by atoms with Crippen LogP contribution in [0.5, 0.6) is 0 Å². The lowest BCUT2D eigenvalue weighted by Crippen LogP contribution is -2.63. The molecule has 2 spiro atoms. The predicted molar refractivity (Wildman–Crippen MR) is 143 cm³/mol. The molecule has 5 nitrogen and oxygen atoms in total. The van der Waals surface area contributed by atoms with E-state index in [1.54, 1.807) is 6.26 Å². The summed E-state index contributed by atoms with van der Waals surface area (Å²) in [7, 11) is 0. The van der Waals surface area contributed by atoms with E-state index in [1.807, 2.05) is 18.8 Å². The molecule has 0 amide bonds. The van der Waals surface area contributed by atoms with Crippen molar-refractivity contribution in [3.05, 3.63) is 48.3 Å². The van der Waals surface area contributed by atoms with Crippen LogP contribution in [-0.2, 0) is 0 Å². The minimum Gasteiger partial charge on any atom is -0.472 e. The Balaban J connectivity index is 1.16. The summed E-state index contributed by atoms with van der Waals surface area (Å²) in [5, 5.41) is 12.2. The molecule has 2 aromatic rings. The van der Waals surface area contributed by atoms with Crippen LogP contribution in [0.15, 0.2) is 46.0 Å². The molecule has 0 radical (unpaired) electrons.